The number of hydrogen-bond donors (Lipinski definition) is 0. The van der Waals surface area contributed by atoms with Crippen LogP contribution in [0, 0.1) is 5.82 Å². The first-order chi connectivity index (χ1) is 8.49. The second-order valence-corrected chi connectivity index (χ2v) is 4.12. The predicted molar refractivity (Wildman–Crippen MR) is 68.4 cm³/mol. The highest BCUT2D eigenvalue weighted by molar-refractivity contribution is 5.87. The van der Waals surface area contributed by atoms with Gasteiger partial charge < -0.3 is 9.80 Å². The quantitative estimate of drug-likeness (QED) is 0.747. The summed E-state index contributed by atoms with van der Waals surface area (Å²) in [7, 11) is 3.34. The smallest absolute Gasteiger partial charge is 0.241 e. The Bertz CT molecular complexity index is 447. The van der Waals surface area contributed by atoms with Gasteiger partial charge in [0, 0.05) is 31.9 Å². The van der Waals surface area contributed by atoms with E-state index in [0.29, 0.717) is 18.5 Å². The van der Waals surface area contributed by atoms with Crippen molar-refractivity contribution in [2.45, 2.75) is 6.92 Å². The molecule has 4 nitrogen and oxygen atoms in total. The van der Waals surface area contributed by atoms with Crippen molar-refractivity contribution in [2.75, 3.05) is 32.1 Å². The molecule has 1 aromatic rings. The number of likely N-dealkylation sites (N-methyl/N-ethyl adjacent to an activating group) is 2. The summed E-state index contributed by atoms with van der Waals surface area (Å²) >= 11 is 0. The van der Waals surface area contributed by atoms with Gasteiger partial charge in [0.2, 0.25) is 5.91 Å². The minimum Gasteiger partial charge on any atom is -0.362 e. The van der Waals surface area contributed by atoms with Gasteiger partial charge in [-0.15, -0.1) is 0 Å². The molecule has 98 valence electrons. The van der Waals surface area contributed by atoms with Crippen molar-refractivity contribution in [3.63, 3.8) is 0 Å². The van der Waals surface area contributed by atoms with Gasteiger partial charge in [0.15, 0.2) is 6.29 Å². The van der Waals surface area contributed by atoms with E-state index in [1.165, 1.54) is 23.1 Å². The Morgan fingerprint density at radius 3 is 2.56 bits per heavy atom. The summed E-state index contributed by atoms with van der Waals surface area (Å²) < 4.78 is 13.0. The third-order valence-electron chi connectivity index (χ3n) is 2.66. The summed E-state index contributed by atoms with van der Waals surface area (Å²) in [6, 6.07) is 3.97. The van der Waals surface area contributed by atoms with Crippen LogP contribution in [0.1, 0.15) is 17.3 Å². The minimum absolute atomic E-state index is 0.0713. The van der Waals surface area contributed by atoms with Gasteiger partial charge in [-0.2, -0.15) is 0 Å². The maximum atomic E-state index is 13.0. The lowest BCUT2D eigenvalue weighted by Gasteiger charge is -2.25. The molecule has 0 saturated heterocycles. The molecule has 0 saturated carbocycles. The number of rotatable bonds is 5. The Kier molecular flexibility index (Phi) is 4.83. The number of hydrogen-bond acceptors (Lipinski definition) is 3. The standard InChI is InChI=1S/C13H17FN2O2/c1-4-16(8-13(18)15(2)3)12-6-5-11(14)7-10(12)9-17/h5-7,9H,4,8H2,1-3H3. The highest BCUT2D eigenvalue weighted by Crippen LogP contribution is 2.20. The van der Waals surface area contributed by atoms with Gasteiger partial charge in [-0.3, -0.25) is 9.59 Å². The zero-order valence-electron chi connectivity index (χ0n) is 10.8. The number of nitrogens with zero attached hydrogens (tertiary/aromatic N) is 2. The van der Waals surface area contributed by atoms with Gasteiger partial charge >= 0.3 is 0 Å². The van der Waals surface area contributed by atoms with E-state index in [1.54, 1.807) is 19.0 Å². The molecule has 0 unspecified atom stereocenters. The van der Waals surface area contributed by atoms with Crippen molar-refractivity contribution in [3.8, 4) is 0 Å². The van der Waals surface area contributed by atoms with Gasteiger partial charge in [0.1, 0.15) is 5.82 Å². The molecule has 0 aliphatic rings. The van der Waals surface area contributed by atoms with Crippen LogP contribution >= 0.6 is 0 Å². The van der Waals surface area contributed by atoms with E-state index in [4.69, 9.17) is 0 Å². The van der Waals surface area contributed by atoms with Crippen molar-refractivity contribution in [3.05, 3.63) is 29.6 Å². The Morgan fingerprint density at radius 2 is 2.06 bits per heavy atom. The van der Waals surface area contributed by atoms with E-state index in [2.05, 4.69) is 0 Å². The molecule has 18 heavy (non-hydrogen) atoms. The van der Waals surface area contributed by atoms with Crippen molar-refractivity contribution in [1.29, 1.82) is 0 Å². The molecule has 0 radical (unpaired) electrons. The van der Waals surface area contributed by atoms with Crippen LogP contribution in [0.2, 0.25) is 0 Å². The van der Waals surface area contributed by atoms with E-state index in [-0.39, 0.29) is 18.0 Å². The number of amides is 1. The maximum Gasteiger partial charge on any atom is 0.241 e. The second kappa shape index (κ2) is 6.14. The summed E-state index contributed by atoms with van der Waals surface area (Å²) in [5.74, 6) is -0.533. The second-order valence-electron chi connectivity index (χ2n) is 4.12. The minimum atomic E-state index is -0.462. The normalized spacial score (nSPS) is 10.0. The van der Waals surface area contributed by atoms with Crippen molar-refractivity contribution in [2.24, 2.45) is 0 Å². The first kappa shape index (κ1) is 14.2. The first-order valence-electron chi connectivity index (χ1n) is 5.69. The molecule has 0 fully saturated rings. The lowest BCUT2D eigenvalue weighted by molar-refractivity contribution is -0.127. The van der Waals surface area contributed by atoms with Gasteiger partial charge in [0.25, 0.3) is 0 Å². The summed E-state index contributed by atoms with van der Waals surface area (Å²) in [5, 5.41) is 0. The van der Waals surface area contributed by atoms with Crippen LogP contribution in [0.25, 0.3) is 0 Å². The Balaban J connectivity index is 3.01. The highest BCUT2D eigenvalue weighted by Gasteiger charge is 2.14. The summed E-state index contributed by atoms with van der Waals surface area (Å²) in [5.41, 5.74) is 0.826. The molecule has 0 heterocycles. The maximum absolute atomic E-state index is 13.0. The molecule has 1 amide bonds. The lowest BCUT2D eigenvalue weighted by atomic mass is 10.1. The van der Waals surface area contributed by atoms with E-state index in [0.717, 1.165) is 0 Å². The van der Waals surface area contributed by atoms with Crippen LogP contribution < -0.4 is 4.90 Å². The number of anilines is 1. The lowest BCUT2D eigenvalue weighted by Crippen LogP contribution is -2.37. The fourth-order valence-electron chi connectivity index (χ4n) is 1.58. The van der Waals surface area contributed by atoms with Crippen LogP contribution in [0.4, 0.5) is 10.1 Å². The van der Waals surface area contributed by atoms with Crippen molar-refractivity contribution in [1.82, 2.24) is 4.90 Å². The largest absolute Gasteiger partial charge is 0.362 e. The number of benzene rings is 1. The molecule has 5 heteroatoms. The summed E-state index contributed by atoms with van der Waals surface area (Å²) in [6.07, 6.45) is 0.598. The van der Waals surface area contributed by atoms with Gasteiger partial charge in [-0.1, -0.05) is 0 Å². The highest BCUT2D eigenvalue weighted by atomic mass is 19.1. The average Bonchev–Trinajstić information content (AvgIpc) is 2.35. The first-order valence-corrected chi connectivity index (χ1v) is 5.69. The zero-order valence-corrected chi connectivity index (χ0v) is 10.8. The molecule has 0 aliphatic carbocycles. The molecule has 0 atom stereocenters. The Labute approximate surface area is 106 Å². The van der Waals surface area contributed by atoms with Crippen LogP contribution in [0.5, 0.6) is 0 Å². The Morgan fingerprint density at radius 1 is 1.39 bits per heavy atom. The molecule has 0 aromatic heterocycles. The summed E-state index contributed by atoms with van der Waals surface area (Å²) in [6.45, 7) is 2.60. The molecule has 0 spiro atoms. The molecule has 0 aliphatic heterocycles. The van der Waals surface area contributed by atoms with Gasteiger partial charge in [0.05, 0.1) is 6.54 Å². The number of carbonyl (C=O) groups excluding carboxylic acids is 2. The molecular weight excluding hydrogens is 235 g/mol. The summed E-state index contributed by atoms with van der Waals surface area (Å²) in [4.78, 5) is 25.8. The number of aldehydes is 1. The van der Waals surface area contributed by atoms with Crippen LogP contribution in [-0.4, -0.2) is 44.3 Å². The SMILES string of the molecule is CCN(CC(=O)N(C)C)c1ccc(F)cc1C=O. The van der Waals surface area contributed by atoms with E-state index >= 15 is 0 Å². The molecule has 0 N–H and O–H groups in total. The fraction of sp³-hybridized carbons (Fsp3) is 0.385. The monoisotopic (exact) mass is 252 g/mol. The molecule has 1 aromatic carbocycles. The molecule has 1 rings (SSSR count). The van der Waals surface area contributed by atoms with E-state index < -0.39 is 5.82 Å². The van der Waals surface area contributed by atoms with Crippen molar-refractivity contribution >= 4 is 17.9 Å². The number of halogens is 1. The van der Waals surface area contributed by atoms with E-state index in [1.807, 2.05) is 6.92 Å². The van der Waals surface area contributed by atoms with Crippen molar-refractivity contribution < 1.29 is 14.0 Å². The van der Waals surface area contributed by atoms with Crippen LogP contribution in [0.15, 0.2) is 18.2 Å². The topological polar surface area (TPSA) is 40.6 Å². The van der Waals surface area contributed by atoms with E-state index in [9.17, 15) is 14.0 Å². The average molecular weight is 252 g/mol. The third-order valence-corrected chi connectivity index (χ3v) is 2.66. The fourth-order valence-corrected chi connectivity index (χ4v) is 1.58. The Hall–Kier alpha value is -1.91. The molecule has 0 bridgehead atoms. The predicted octanol–water partition coefficient (Wildman–Crippen LogP) is 1.55. The van der Waals surface area contributed by atoms with Gasteiger partial charge in [-0.05, 0) is 25.1 Å². The number of carbonyl (C=O) groups is 2. The zero-order chi connectivity index (χ0) is 13.7. The molecular formula is C13H17FN2O2. The third kappa shape index (κ3) is 3.29. The van der Waals surface area contributed by atoms with Crippen LogP contribution in [-0.2, 0) is 4.79 Å². The van der Waals surface area contributed by atoms with Crippen LogP contribution in [0.3, 0.4) is 0 Å². The van der Waals surface area contributed by atoms with Gasteiger partial charge in [-0.25, -0.2) is 4.39 Å².